The third-order valence-corrected chi connectivity index (χ3v) is 5.34. The van der Waals surface area contributed by atoms with Crippen molar-refractivity contribution < 1.29 is 9.53 Å². The number of carbonyl (C=O) groups is 1. The Morgan fingerprint density at radius 2 is 1.88 bits per heavy atom. The van der Waals surface area contributed by atoms with Crippen LogP contribution in [0, 0.1) is 0 Å². The number of ether oxygens (including phenoxy) is 1. The molecule has 138 valence electrons. The normalized spacial score (nSPS) is 20.7. The van der Waals surface area contributed by atoms with Gasteiger partial charge in [0, 0.05) is 31.0 Å². The molecule has 0 aromatic heterocycles. The van der Waals surface area contributed by atoms with E-state index in [1.54, 1.807) is 11.8 Å². The Labute approximate surface area is 159 Å². The van der Waals surface area contributed by atoms with Crippen molar-refractivity contribution in [3.05, 3.63) is 60.2 Å². The monoisotopic (exact) mass is 370 g/mol. The van der Waals surface area contributed by atoms with Crippen LogP contribution in [-0.2, 0) is 9.53 Å². The first-order chi connectivity index (χ1) is 12.7. The van der Waals surface area contributed by atoms with E-state index >= 15 is 0 Å². The summed E-state index contributed by atoms with van der Waals surface area (Å²) in [6.07, 6.45) is 2.73. The highest BCUT2D eigenvalue weighted by Crippen LogP contribution is 2.26. The summed E-state index contributed by atoms with van der Waals surface area (Å²) in [6, 6.07) is 18.2. The van der Waals surface area contributed by atoms with Gasteiger partial charge in [-0.15, -0.1) is 11.8 Å². The average Bonchev–Trinajstić information content (AvgIpc) is 2.67. The number of nitrogens with zero attached hydrogens (tertiary/aromatic N) is 1. The van der Waals surface area contributed by atoms with Gasteiger partial charge in [0.1, 0.15) is 0 Å². The van der Waals surface area contributed by atoms with E-state index in [9.17, 15) is 4.79 Å². The Morgan fingerprint density at radius 3 is 2.65 bits per heavy atom. The molecule has 1 fully saturated rings. The van der Waals surface area contributed by atoms with Crippen molar-refractivity contribution in [1.82, 2.24) is 4.90 Å². The molecule has 0 radical (unpaired) electrons. The molecule has 2 aromatic rings. The van der Waals surface area contributed by atoms with Crippen LogP contribution in [0.4, 0.5) is 5.69 Å². The number of hydrogen-bond donors (Lipinski definition) is 1. The van der Waals surface area contributed by atoms with E-state index in [4.69, 9.17) is 4.74 Å². The second-order valence-corrected chi connectivity index (χ2v) is 7.45. The Morgan fingerprint density at radius 1 is 1.15 bits per heavy atom. The Balaban J connectivity index is 1.54. The maximum absolute atomic E-state index is 12.4. The van der Waals surface area contributed by atoms with Gasteiger partial charge in [0.2, 0.25) is 5.91 Å². The van der Waals surface area contributed by atoms with Gasteiger partial charge in [0.25, 0.3) is 0 Å². The van der Waals surface area contributed by atoms with E-state index < -0.39 is 0 Å². The van der Waals surface area contributed by atoms with Crippen molar-refractivity contribution in [2.45, 2.75) is 30.4 Å². The lowest BCUT2D eigenvalue weighted by molar-refractivity contribution is -0.118. The van der Waals surface area contributed by atoms with Gasteiger partial charge in [-0.05, 0) is 30.9 Å². The smallest absolute Gasteiger partial charge is 0.225 e. The number of benzene rings is 2. The summed E-state index contributed by atoms with van der Waals surface area (Å²) in [7, 11) is 0. The number of nitrogens with one attached hydrogen (secondary N) is 1. The molecule has 1 saturated heterocycles. The predicted octanol–water partition coefficient (Wildman–Crippen LogP) is 4.20. The van der Waals surface area contributed by atoms with Gasteiger partial charge in [0.05, 0.1) is 17.9 Å². The number of morpholine rings is 1. The van der Waals surface area contributed by atoms with E-state index in [1.807, 2.05) is 48.7 Å². The number of rotatable bonds is 6. The Hall–Kier alpha value is -1.82. The van der Waals surface area contributed by atoms with Crippen LogP contribution in [0.15, 0.2) is 59.5 Å². The second kappa shape index (κ2) is 9.21. The molecular weight excluding hydrogens is 344 g/mol. The summed E-state index contributed by atoms with van der Waals surface area (Å²) in [5, 5.41) is 3.04. The fourth-order valence-corrected chi connectivity index (χ4v) is 3.85. The molecule has 1 N–H and O–H groups in total. The average molecular weight is 371 g/mol. The Bertz CT molecular complexity index is 723. The third-order valence-electron chi connectivity index (χ3n) is 4.54. The number of thioether (sulfide) groups is 1. The van der Waals surface area contributed by atoms with Gasteiger partial charge < -0.3 is 10.1 Å². The molecule has 0 aliphatic carbocycles. The van der Waals surface area contributed by atoms with Crippen LogP contribution >= 0.6 is 11.8 Å². The molecule has 1 aliphatic heterocycles. The first kappa shape index (κ1) is 19.0. The van der Waals surface area contributed by atoms with E-state index in [1.165, 1.54) is 5.56 Å². The lowest BCUT2D eigenvalue weighted by Crippen LogP contribution is -2.43. The molecule has 5 heteroatoms. The molecule has 2 aromatic carbocycles. The topological polar surface area (TPSA) is 41.6 Å². The standard InChI is InChI=1S/C21H26N2O2S/c1-16-14-23(15-19(25-16)17-8-4-3-5-9-17)13-12-21(24)22-18-10-6-7-11-20(18)26-2/h3-11,16,19H,12-15H2,1-2H3,(H,22,24). The summed E-state index contributed by atoms with van der Waals surface area (Å²) in [6.45, 7) is 4.52. The van der Waals surface area contributed by atoms with E-state index in [0.717, 1.165) is 30.2 Å². The Kier molecular flexibility index (Phi) is 6.72. The summed E-state index contributed by atoms with van der Waals surface area (Å²) < 4.78 is 6.09. The molecule has 26 heavy (non-hydrogen) atoms. The van der Waals surface area contributed by atoms with Crippen LogP contribution < -0.4 is 5.32 Å². The summed E-state index contributed by atoms with van der Waals surface area (Å²) in [5.41, 5.74) is 2.09. The zero-order valence-electron chi connectivity index (χ0n) is 15.4. The predicted molar refractivity (Wildman–Crippen MR) is 108 cm³/mol. The summed E-state index contributed by atoms with van der Waals surface area (Å²) in [4.78, 5) is 15.8. The van der Waals surface area contributed by atoms with Gasteiger partial charge in [-0.3, -0.25) is 9.69 Å². The zero-order chi connectivity index (χ0) is 18.4. The van der Waals surface area contributed by atoms with Crippen molar-refractivity contribution in [2.75, 3.05) is 31.2 Å². The minimum absolute atomic E-state index is 0.0573. The van der Waals surface area contributed by atoms with E-state index in [2.05, 4.69) is 29.3 Å². The van der Waals surface area contributed by atoms with Crippen LogP contribution in [0.1, 0.15) is 25.0 Å². The quantitative estimate of drug-likeness (QED) is 0.774. The number of para-hydroxylation sites is 1. The van der Waals surface area contributed by atoms with Crippen LogP contribution in [0.5, 0.6) is 0 Å². The van der Waals surface area contributed by atoms with Gasteiger partial charge in [-0.1, -0.05) is 42.5 Å². The molecular formula is C21H26N2O2S. The maximum atomic E-state index is 12.4. The largest absolute Gasteiger partial charge is 0.368 e. The van der Waals surface area contributed by atoms with Gasteiger partial charge in [0.15, 0.2) is 0 Å². The van der Waals surface area contributed by atoms with Crippen LogP contribution in [0.2, 0.25) is 0 Å². The number of anilines is 1. The van der Waals surface area contributed by atoms with E-state index in [0.29, 0.717) is 6.42 Å². The molecule has 3 rings (SSSR count). The van der Waals surface area contributed by atoms with Crippen molar-refractivity contribution in [1.29, 1.82) is 0 Å². The summed E-state index contributed by atoms with van der Waals surface area (Å²) >= 11 is 1.64. The van der Waals surface area contributed by atoms with Crippen molar-refractivity contribution in [2.24, 2.45) is 0 Å². The fourth-order valence-electron chi connectivity index (χ4n) is 3.29. The van der Waals surface area contributed by atoms with Gasteiger partial charge in [-0.2, -0.15) is 0 Å². The SMILES string of the molecule is CSc1ccccc1NC(=O)CCN1CC(C)OC(c2ccccc2)C1. The highest BCUT2D eigenvalue weighted by molar-refractivity contribution is 7.98. The maximum Gasteiger partial charge on any atom is 0.225 e. The molecule has 0 saturated carbocycles. The van der Waals surface area contributed by atoms with Crippen molar-refractivity contribution in [3.63, 3.8) is 0 Å². The minimum atomic E-state index is 0.0573. The molecule has 1 aliphatic rings. The third kappa shape index (κ3) is 5.10. The van der Waals surface area contributed by atoms with Crippen molar-refractivity contribution >= 4 is 23.4 Å². The molecule has 1 heterocycles. The van der Waals surface area contributed by atoms with Gasteiger partial charge >= 0.3 is 0 Å². The van der Waals surface area contributed by atoms with Crippen LogP contribution in [-0.4, -0.2) is 42.8 Å². The molecule has 1 amide bonds. The first-order valence-electron chi connectivity index (χ1n) is 9.01. The van der Waals surface area contributed by atoms with Crippen LogP contribution in [0.3, 0.4) is 0 Å². The molecule has 4 nitrogen and oxygen atoms in total. The van der Waals surface area contributed by atoms with Crippen molar-refractivity contribution in [3.8, 4) is 0 Å². The summed E-state index contributed by atoms with van der Waals surface area (Å²) in [5.74, 6) is 0.0573. The zero-order valence-corrected chi connectivity index (χ0v) is 16.2. The molecule has 2 unspecified atom stereocenters. The number of amides is 1. The molecule has 2 atom stereocenters. The lowest BCUT2D eigenvalue weighted by Gasteiger charge is -2.37. The first-order valence-corrected chi connectivity index (χ1v) is 10.2. The highest BCUT2D eigenvalue weighted by atomic mass is 32.2. The lowest BCUT2D eigenvalue weighted by atomic mass is 10.1. The van der Waals surface area contributed by atoms with Crippen LogP contribution in [0.25, 0.3) is 0 Å². The van der Waals surface area contributed by atoms with Gasteiger partial charge in [-0.25, -0.2) is 0 Å². The molecule has 0 bridgehead atoms. The number of carbonyl (C=O) groups excluding carboxylic acids is 1. The molecule has 0 spiro atoms. The number of hydrogen-bond acceptors (Lipinski definition) is 4. The minimum Gasteiger partial charge on any atom is -0.368 e. The van der Waals surface area contributed by atoms with E-state index in [-0.39, 0.29) is 18.1 Å². The highest BCUT2D eigenvalue weighted by Gasteiger charge is 2.26. The fraction of sp³-hybridized carbons (Fsp3) is 0.381. The second-order valence-electron chi connectivity index (χ2n) is 6.60.